The van der Waals surface area contributed by atoms with Crippen LogP contribution in [0.2, 0.25) is 0 Å². The smallest absolute Gasteiger partial charge is 0.281 e. The molecule has 0 amide bonds. The van der Waals surface area contributed by atoms with Crippen molar-refractivity contribution in [2.75, 3.05) is 0 Å². The van der Waals surface area contributed by atoms with Crippen LogP contribution in [0.5, 0.6) is 0 Å². The van der Waals surface area contributed by atoms with Crippen molar-refractivity contribution in [1.82, 2.24) is 24.5 Å². The predicted molar refractivity (Wildman–Crippen MR) is 99.6 cm³/mol. The molecule has 8 heteroatoms. The quantitative estimate of drug-likeness (QED) is 0.545. The number of halogens is 2. The maximum atomic E-state index is 14.0. The van der Waals surface area contributed by atoms with Gasteiger partial charge in [0.2, 0.25) is 0 Å². The summed E-state index contributed by atoms with van der Waals surface area (Å²) in [4.78, 5) is 29.9. The summed E-state index contributed by atoms with van der Waals surface area (Å²) in [5.74, 6) is -0.926. The number of aryl methyl sites for hydroxylation is 2. The van der Waals surface area contributed by atoms with Gasteiger partial charge in [-0.3, -0.25) is 14.3 Å². The minimum Gasteiger partial charge on any atom is -0.290 e. The zero-order chi connectivity index (χ0) is 19.7. The van der Waals surface area contributed by atoms with Gasteiger partial charge in [-0.1, -0.05) is 6.07 Å². The van der Waals surface area contributed by atoms with Gasteiger partial charge in [0.05, 0.1) is 0 Å². The molecule has 0 unspecified atom stereocenters. The SMILES string of the molecule is Cc1cncc(-c2nc3nccnc3c(=O)n2CCc2ccc(F)cc2F)c1. The zero-order valence-electron chi connectivity index (χ0n) is 14.9. The maximum absolute atomic E-state index is 14.0. The molecule has 1 aromatic carbocycles. The van der Waals surface area contributed by atoms with E-state index in [1.165, 1.54) is 29.1 Å². The number of nitrogens with zero attached hydrogens (tertiary/aromatic N) is 5. The zero-order valence-corrected chi connectivity index (χ0v) is 14.9. The molecule has 0 fully saturated rings. The van der Waals surface area contributed by atoms with Crippen LogP contribution in [-0.2, 0) is 13.0 Å². The van der Waals surface area contributed by atoms with Gasteiger partial charge < -0.3 is 0 Å². The number of hydrogen-bond donors (Lipinski definition) is 0. The lowest BCUT2D eigenvalue weighted by Crippen LogP contribution is -2.25. The van der Waals surface area contributed by atoms with E-state index in [1.807, 2.05) is 13.0 Å². The monoisotopic (exact) mass is 379 g/mol. The molecule has 4 rings (SSSR count). The normalized spacial score (nSPS) is 11.1. The van der Waals surface area contributed by atoms with Crippen molar-refractivity contribution >= 4 is 11.2 Å². The predicted octanol–water partition coefficient (Wildman–Crippen LogP) is 3.08. The van der Waals surface area contributed by atoms with Gasteiger partial charge in [0.15, 0.2) is 11.2 Å². The van der Waals surface area contributed by atoms with Crippen molar-refractivity contribution in [3.05, 3.63) is 82.2 Å². The van der Waals surface area contributed by atoms with Crippen LogP contribution >= 0.6 is 0 Å². The van der Waals surface area contributed by atoms with Crippen LogP contribution in [0.25, 0.3) is 22.6 Å². The molecule has 0 atom stereocenters. The van der Waals surface area contributed by atoms with Crippen LogP contribution in [0, 0.1) is 18.6 Å². The first-order valence-electron chi connectivity index (χ1n) is 8.60. The minimum absolute atomic E-state index is 0.131. The summed E-state index contributed by atoms with van der Waals surface area (Å²) in [5.41, 5.74) is 1.84. The molecule has 0 aliphatic rings. The van der Waals surface area contributed by atoms with Crippen molar-refractivity contribution in [1.29, 1.82) is 0 Å². The molecule has 3 heterocycles. The van der Waals surface area contributed by atoms with Gasteiger partial charge in [-0.2, -0.15) is 0 Å². The lowest BCUT2D eigenvalue weighted by Gasteiger charge is -2.13. The van der Waals surface area contributed by atoms with Crippen LogP contribution in [0.4, 0.5) is 8.78 Å². The highest BCUT2D eigenvalue weighted by atomic mass is 19.1. The summed E-state index contributed by atoms with van der Waals surface area (Å²) in [6, 6.07) is 5.24. The Kier molecular flexibility index (Phi) is 4.60. The molecule has 6 nitrogen and oxygen atoms in total. The molecule has 140 valence electrons. The lowest BCUT2D eigenvalue weighted by atomic mass is 10.1. The summed E-state index contributed by atoms with van der Waals surface area (Å²) in [5, 5.41) is 0. The Morgan fingerprint density at radius 1 is 1.07 bits per heavy atom. The number of fused-ring (bicyclic) bond motifs is 1. The molecular formula is C20H15F2N5O. The molecule has 4 aromatic rings. The van der Waals surface area contributed by atoms with E-state index in [9.17, 15) is 13.6 Å². The molecule has 0 radical (unpaired) electrons. The molecule has 3 aromatic heterocycles. The first-order valence-corrected chi connectivity index (χ1v) is 8.60. The van der Waals surface area contributed by atoms with E-state index in [0.29, 0.717) is 17.0 Å². The summed E-state index contributed by atoms with van der Waals surface area (Å²) < 4.78 is 28.6. The number of rotatable bonds is 4. The number of hydrogen-bond acceptors (Lipinski definition) is 5. The van der Waals surface area contributed by atoms with Crippen molar-refractivity contribution < 1.29 is 8.78 Å². The first kappa shape index (κ1) is 17.8. The van der Waals surface area contributed by atoms with Gasteiger partial charge >= 0.3 is 0 Å². The van der Waals surface area contributed by atoms with Crippen LogP contribution in [-0.4, -0.2) is 24.5 Å². The Balaban J connectivity index is 1.84. The summed E-state index contributed by atoms with van der Waals surface area (Å²) in [7, 11) is 0. The van der Waals surface area contributed by atoms with Crippen LogP contribution < -0.4 is 5.56 Å². The maximum Gasteiger partial charge on any atom is 0.281 e. The Labute approximate surface area is 158 Å². The average Bonchev–Trinajstić information content (AvgIpc) is 2.68. The van der Waals surface area contributed by atoms with Gasteiger partial charge in [0, 0.05) is 43.0 Å². The van der Waals surface area contributed by atoms with E-state index in [4.69, 9.17) is 0 Å². The van der Waals surface area contributed by atoms with Gasteiger partial charge in [-0.15, -0.1) is 0 Å². The topological polar surface area (TPSA) is 73.6 Å². The second kappa shape index (κ2) is 7.22. The molecule has 0 aliphatic carbocycles. The summed E-state index contributed by atoms with van der Waals surface area (Å²) in [6.07, 6.45) is 6.37. The molecule has 0 N–H and O–H groups in total. The van der Waals surface area contributed by atoms with Crippen molar-refractivity contribution in [3.8, 4) is 11.4 Å². The Morgan fingerprint density at radius 2 is 1.89 bits per heavy atom. The van der Waals surface area contributed by atoms with Crippen molar-refractivity contribution in [3.63, 3.8) is 0 Å². The summed E-state index contributed by atoms with van der Waals surface area (Å²) >= 11 is 0. The van der Waals surface area contributed by atoms with Crippen LogP contribution in [0.3, 0.4) is 0 Å². The van der Waals surface area contributed by atoms with Crippen molar-refractivity contribution in [2.24, 2.45) is 0 Å². The number of aromatic nitrogens is 5. The Bertz CT molecular complexity index is 1240. The lowest BCUT2D eigenvalue weighted by molar-refractivity contribution is 0.561. The van der Waals surface area contributed by atoms with Gasteiger partial charge in [-0.05, 0) is 36.6 Å². The van der Waals surface area contributed by atoms with E-state index in [2.05, 4.69) is 19.9 Å². The average molecular weight is 379 g/mol. The fourth-order valence-electron chi connectivity index (χ4n) is 3.01. The van der Waals surface area contributed by atoms with Gasteiger partial charge in [0.1, 0.15) is 17.5 Å². The van der Waals surface area contributed by atoms with Crippen molar-refractivity contribution in [2.45, 2.75) is 19.9 Å². The second-order valence-electron chi connectivity index (χ2n) is 6.36. The second-order valence-corrected chi connectivity index (χ2v) is 6.36. The first-order chi connectivity index (χ1) is 13.5. The highest BCUT2D eigenvalue weighted by Gasteiger charge is 2.15. The van der Waals surface area contributed by atoms with E-state index in [0.717, 1.165) is 11.6 Å². The van der Waals surface area contributed by atoms with E-state index < -0.39 is 11.6 Å². The third-order valence-corrected chi connectivity index (χ3v) is 4.35. The minimum atomic E-state index is -0.652. The Hall–Kier alpha value is -3.55. The third-order valence-electron chi connectivity index (χ3n) is 4.35. The Morgan fingerprint density at radius 3 is 2.68 bits per heavy atom. The molecular weight excluding hydrogens is 364 g/mol. The molecule has 0 spiro atoms. The molecule has 0 saturated heterocycles. The number of benzene rings is 1. The molecule has 28 heavy (non-hydrogen) atoms. The fraction of sp³-hybridized carbons (Fsp3) is 0.150. The summed E-state index contributed by atoms with van der Waals surface area (Å²) in [6.45, 7) is 2.03. The van der Waals surface area contributed by atoms with Crippen LogP contribution in [0.1, 0.15) is 11.1 Å². The molecule has 0 bridgehead atoms. The van der Waals surface area contributed by atoms with Gasteiger partial charge in [0.25, 0.3) is 5.56 Å². The number of pyridine rings is 1. The van der Waals surface area contributed by atoms with Crippen LogP contribution in [0.15, 0.2) is 53.8 Å². The highest BCUT2D eigenvalue weighted by Crippen LogP contribution is 2.19. The fourth-order valence-corrected chi connectivity index (χ4v) is 3.01. The van der Waals surface area contributed by atoms with E-state index in [1.54, 1.807) is 12.4 Å². The molecule has 0 saturated carbocycles. The molecule has 0 aliphatic heterocycles. The van der Waals surface area contributed by atoms with E-state index in [-0.39, 0.29) is 29.7 Å². The van der Waals surface area contributed by atoms with E-state index >= 15 is 0 Å². The standard InChI is InChI=1S/C20H15F2N5O/c1-12-8-14(11-23-10-12)19-26-18-17(24-5-6-25-18)20(28)27(19)7-4-13-2-3-15(21)9-16(13)22/h2-3,5-6,8-11H,4,7H2,1H3. The largest absolute Gasteiger partial charge is 0.290 e. The highest BCUT2D eigenvalue weighted by molar-refractivity contribution is 5.71. The third kappa shape index (κ3) is 3.36. The van der Waals surface area contributed by atoms with Gasteiger partial charge in [-0.25, -0.2) is 23.7 Å².